The Labute approximate surface area is 111 Å². The first-order chi connectivity index (χ1) is 8.56. The third kappa shape index (κ3) is 3.23. The molecule has 7 heteroatoms. The van der Waals surface area contributed by atoms with Crippen LogP contribution in [0, 0.1) is 0 Å². The number of rotatable bonds is 3. The molecule has 6 nitrogen and oxygen atoms in total. The van der Waals surface area contributed by atoms with Gasteiger partial charge in [0.15, 0.2) is 5.16 Å². The van der Waals surface area contributed by atoms with Crippen LogP contribution in [-0.4, -0.2) is 56.6 Å². The number of hydrogen-bond acceptors (Lipinski definition) is 5. The summed E-state index contributed by atoms with van der Waals surface area (Å²) in [4.78, 5) is 14.0. The van der Waals surface area contributed by atoms with Crippen LogP contribution in [0.2, 0.25) is 0 Å². The Hall–Kier alpha value is -1.08. The van der Waals surface area contributed by atoms with E-state index in [9.17, 15) is 4.79 Å². The monoisotopic (exact) mass is 270 g/mol. The van der Waals surface area contributed by atoms with Crippen LogP contribution in [0.15, 0.2) is 11.5 Å². The average molecular weight is 270 g/mol. The van der Waals surface area contributed by atoms with E-state index in [1.54, 1.807) is 6.33 Å². The summed E-state index contributed by atoms with van der Waals surface area (Å²) < 4.78 is 7.42. The van der Waals surface area contributed by atoms with Gasteiger partial charge in [0.05, 0.1) is 18.0 Å². The minimum atomic E-state index is 0.109. The van der Waals surface area contributed by atoms with E-state index in [1.165, 1.54) is 11.8 Å². The molecule has 1 aliphatic rings. The maximum absolute atomic E-state index is 12.1. The van der Waals surface area contributed by atoms with Crippen molar-refractivity contribution in [2.75, 3.05) is 18.8 Å². The van der Waals surface area contributed by atoms with Crippen LogP contribution < -0.4 is 0 Å². The SMILES string of the molecule is C[C@H]1CN(C(=O)CSc2nncn2C)C[C@H](C)O1. The zero-order valence-corrected chi connectivity index (χ0v) is 11.7. The van der Waals surface area contributed by atoms with E-state index in [2.05, 4.69) is 10.2 Å². The van der Waals surface area contributed by atoms with Crippen LogP contribution in [0.25, 0.3) is 0 Å². The van der Waals surface area contributed by atoms with Crippen LogP contribution in [0.3, 0.4) is 0 Å². The number of carbonyl (C=O) groups is 1. The molecule has 0 unspecified atom stereocenters. The molecule has 2 rings (SSSR count). The highest BCUT2D eigenvalue weighted by Crippen LogP contribution is 2.16. The fraction of sp³-hybridized carbons (Fsp3) is 0.727. The molecule has 18 heavy (non-hydrogen) atoms. The second-order valence-electron chi connectivity index (χ2n) is 4.57. The van der Waals surface area contributed by atoms with E-state index in [0.29, 0.717) is 18.8 Å². The lowest BCUT2D eigenvalue weighted by atomic mass is 10.2. The molecule has 0 N–H and O–H groups in total. The summed E-state index contributed by atoms with van der Waals surface area (Å²) >= 11 is 1.42. The molecule has 0 spiro atoms. The first-order valence-corrected chi connectivity index (χ1v) is 6.95. The predicted octanol–water partition coefficient (Wildman–Crippen LogP) is 0.543. The van der Waals surface area contributed by atoms with Crippen molar-refractivity contribution in [1.29, 1.82) is 0 Å². The standard InChI is InChI=1S/C11H18N4O2S/c1-8-4-15(5-9(2)17-8)10(16)6-18-11-13-12-7-14(11)3/h7-9H,4-6H2,1-3H3/t8-,9-/m0/s1. The van der Waals surface area contributed by atoms with Gasteiger partial charge in [0, 0.05) is 20.1 Å². The first kappa shape index (κ1) is 13.4. The van der Waals surface area contributed by atoms with Crippen molar-refractivity contribution in [1.82, 2.24) is 19.7 Å². The normalized spacial score (nSPS) is 24.3. The molecule has 1 aromatic heterocycles. The second-order valence-corrected chi connectivity index (χ2v) is 5.51. The highest BCUT2D eigenvalue weighted by molar-refractivity contribution is 7.99. The number of nitrogens with zero attached hydrogens (tertiary/aromatic N) is 4. The summed E-state index contributed by atoms with van der Waals surface area (Å²) in [5.41, 5.74) is 0. The number of amides is 1. The van der Waals surface area contributed by atoms with Gasteiger partial charge in [0.1, 0.15) is 6.33 Å². The largest absolute Gasteiger partial charge is 0.372 e. The van der Waals surface area contributed by atoms with E-state index in [0.717, 1.165) is 5.16 Å². The van der Waals surface area contributed by atoms with E-state index >= 15 is 0 Å². The van der Waals surface area contributed by atoms with E-state index in [1.807, 2.05) is 30.4 Å². The summed E-state index contributed by atoms with van der Waals surface area (Å²) in [5.74, 6) is 0.524. The third-order valence-corrected chi connectivity index (χ3v) is 3.79. The minimum Gasteiger partial charge on any atom is -0.372 e. The molecule has 0 aliphatic carbocycles. The van der Waals surface area contributed by atoms with E-state index in [-0.39, 0.29) is 18.1 Å². The number of carbonyl (C=O) groups excluding carboxylic acids is 1. The van der Waals surface area contributed by atoms with Gasteiger partial charge in [-0.3, -0.25) is 4.79 Å². The molecular formula is C11H18N4O2S. The highest BCUT2D eigenvalue weighted by Gasteiger charge is 2.25. The molecule has 2 heterocycles. The number of morpholine rings is 1. The van der Waals surface area contributed by atoms with Crippen molar-refractivity contribution in [3.05, 3.63) is 6.33 Å². The Morgan fingerprint density at radius 3 is 2.72 bits per heavy atom. The summed E-state index contributed by atoms with van der Waals surface area (Å²) in [6.07, 6.45) is 1.85. The Morgan fingerprint density at radius 1 is 1.50 bits per heavy atom. The van der Waals surface area contributed by atoms with Crippen molar-refractivity contribution in [2.24, 2.45) is 7.05 Å². The maximum Gasteiger partial charge on any atom is 0.233 e. The summed E-state index contributed by atoms with van der Waals surface area (Å²) in [6, 6.07) is 0. The Bertz CT molecular complexity index is 413. The fourth-order valence-electron chi connectivity index (χ4n) is 2.00. The number of aromatic nitrogens is 3. The molecule has 0 saturated carbocycles. The molecule has 2 atom stereocenters. The van der Waals surface area contributed by atoms with E-state index in [4.69, 9.17) is 4.74 Å². The van der Waals surface area contributed by atoms with Crippen LogP contribution in [-0.2, 0) is 16.6 Å². The molecule has 0 aromatic carbocycles. The molecule has 1 aliphatic heterocycles. The van der Waals surface area contributed by atoms with Gasteiger partial charge in [-0.1, -0.05) is 11.8 Å². The number of aryl methyl sites for hydroxylation is 1. The van der Waals surface area contributed by atoms with Gasteiger partial charge in [-0.25, -0.2) is 0 Å². The number of thioether (sulfide) groups is 1. The summed E-state index contributed by atoms with van der Waals surface area (Å²) in [7, 11) is 1.87. The molecular weight excluding hydrogens is 252 g/mol. The van der Waals surface area contributed by atoms with Crippen LogP contribution in [0.4, 0.5) is 0 Å². The van der Waals surface area contributed by atoms with Gasteiger partial charge in [-0.15, -0.1) is 10.2 Å². The highest BCUT2D eigenvalue weighted by atomic mass is 32.2. The molecule has 0 radical (unpaired) electrons. The Balaban J connectivity index is 1.86. The van der Waals surface area contributed by atoms with Crippen LogP contribution >= 0.6 is 11.8 Å². The molecule has 1 saturated heterocycles. The van der Waals surface area contributed by atoms with Crippen molar-refractivity contribution in [3.63, 3.8) is 0 Å². The van der Waals surface area contributed by atoms with Crippen molar-refractivity contribution in [2.45, 2.75) is 31.2 Å². The van der Waals surface area contributed by atoms with Crippen molar-refractivity contribution >= 4 is 17.7 Å². The van der Waals surface area contributed by atoms with Crippen LogP contribution in [0.1, 0.15) is 13.8 Å². The molecule has 1 amide bonds. The summed E-state index contributed by atoms with van der Waals surface area (Å²) in [5, 5.41) is 8.49. The second kappa shape index (κ2) is 5.71. The van der Waals surface area contributed by atoms with Crippen LogP contribution in [0.5, 0.6) is 0 Å². The van der Waals surface area contributed by atoms with Gasteiger partial charge in [-0.05, 0) is 13.8 Å². The van der Waals surface area contributed by atoms with Gasteiger partial charge in [-0.2, -0.15) is 0 Å². The molecule has 0 bridgehead atoms. The topological polar surface area (TPSA) is 60.2 Å². The minimum absolute atomic E-state index is 0.109. The lowest BCUT2D eigenvalue weighted by Crippen LogP contribution is -2.48. The maximum atomic E-state index is 12.1. The predicted molar refractivity (Wildman–Crippen MR) is 68.3 cm³/mol. The quantitative estimate of drug-likeness (QED) is 0.750. The average Bonchev–Trinajstić information content (AvgIpc) is 2.70. The van der Waals surface area contributed by atoms with E-state index < -0.39 is 0 Å². The lowest BCUT2D eigenvalue weighted by molar-refractivity contribution is -0.140. The number of ether oxygens (including phenoxy) is 1. The van der Waals surface area contributed by atoms with Gasteiger partial charge >= 0.3 is 0 Å². The van der Waals surface area contributed by atoms with Gasteiger partial charge in [0.2, 0.25) is 5.91 Å². The third-order valence-electron chi connectivity index (χ3n) is 2.77. The number of hydrogen-bond donors (Lipinski definition) is 0. The lowest BCUT2D eigenvalue weighted by Gasteiger charge is -2.35. The van der Waals surface area contributed by atoms with Crippen molar-refractivity contribution < 1.29 is 9.53 Å². The van der Waals surface area contributed by atoms with Gasteiger partial charge < -0.3 is 14.2 Å². The Kier molecular flexibility index (Phi) is 4.23. The van der Waals surface area contributed by atoms with Crippen molar-refractivity contribution in [3.8, 4) is 0 Å². The molecule has 1 fully saturated rings. The zero-order valence-electron chi connectivity index (χ0n) is 10.9. The fourth-order valence-corrected chi connectivity index (χ4v) is 2.79. The molecule has 100 valence electrons. The first-order valence-electron chi connectivity index (χ1n) is 5.96. The molecule has 1 aromatic rings. The van der Waals surface area contributed by atoms with Gasteiger partial charge in [0.25, 0.3) is 0 Å². The summed E-state index contributed by atoms with van der Waals surface area (Å²) in [6.45, 7) is 5.32. The Morgan fingerprint density at radius 2 is 2.17 bits per heavy atom. The zero-order chi connectivity index (χ0) is 13.1. The smallest absolute Gasteiger partial charge is 0.233 e.